The Labute approximate surface area is 260 Å². The zero-order valence-electron chi connectivity index (χ0n) is 26.6. The fourth-order valence-corrected chi connectivity index (χ4v) is 5.28. The summed E-state index contributed by atoms with van der Waals surface area (Å²) in [6.07, 6.45) is 7.21. The first kappa shape index (κ1) is 34.4. The van der Waals surface area contributed by atoms with Crippen LogP contribution in [0.4, 0.5) is 0 Å². The number of allylic oxidation sites excluding steroid dienone is 1. The van der Waals surface area contributed by atoms with Gasteiger partial charge in [0.15, 0.2) is 6.10 Å². The highest BCUT2D eigenvalue weighted by atomic mass is 16.5. The molecule has 10 heteroatoms. The summed E-state index contributed by atoms with van der Waals surface area (Å²) in [7, 11) is 0. The van der Waals surface area contributed by atoms with Crippen molar-refractivity contribution in [1.29, 1.82) is 0 Å². The molecule has 5 atom stereocenters. The number of ether oxygens (including phenoxy) is 1. The van der Waals surface area contributed by atoms with Gasteiger partial charge in [-0.25, -0.2) is 5.43 Å². The van der Waals surface area contributed by atoms with Gasteiger partial charge < -0.3 is 15.4 Å². The monoisotopic (exact) mass is 605 g/mol. The van der Waals surface area contributed by atoms with Crippen molar-refractivity contribution in [2.24, 2.45) is 11.8 Å². The minimum atomic E-state index is -1.04. The summed E-state index contributed by atoms with van der Waals surface area (Å²) in [6.45, 7) is 16.9. The van der Waals surface area contributed by atoms with Gasteiger partial charge in [-0.3, -0.25) is 29.2 Å². The Hall–Kier alpha value is -4.05. The minimum Gasteiger partial charge on any atom is -0.452 e. The van der Waals surface area contributed by atoms with Crippen LogP contribution >= 0.6 is 0 Å². The van der Waals surface area contributed by atoms with Crippen molar-refractivity contribution in [1.82, 2.24) is 26.1 Å². The van der Waals surface area contributed by atoms with Crippen molar-refractivity contribution < 1.29 is 23.9 Å². The number of carbonyl (C=O) groups excluding carboxylic acids is 4. The topological polar surface area (TPSA) is 130 Å². The lowest BCUT2D eigenvalue weighted by atomic mass is 9.99. The van der Waals surface area contributed by atoms with Gasteiger partial charge in [-0.1, -0.05) is 52.0 Å². The van der Waals surface area contributed by atoms with E-state index in [1.165, 1.54) is 5.01 Å². The van der Waals surface area contributed by atoms with Gasteiger partial charge in [-0.15, -0.1) is 6.58 Å². The quantitative estimate of drug-likeness (QED) is 0.212. The van der Waals surface area contributed by atoms with E-state index < -0.39 is 30.1 Å². The van der Waals surface area contributed by atoms with Gasteiger partial charge >= 0.3 is 5.97 Å². The normalized spacial score (nSPS) is 17.7. The number of carbonyl (C=O) groups is 4. The predicted octanol–water partition coefficient (Wildman–Crippen LogP) is 4.62. The molecule has 1 aromatic heterocycles. The molecule has 0 aliphatic carbocycles. The van der Waals surface area contributed by atoms with E-state index in [1.54, 1.807) is 39.1 Å². The molecule has 1 fully saturated rings. The summed E-state index contributed by atoms with van der Waals surface area (Å²) in [5.74, 6) is -2.23. The summed E-state index contributed by atoms with van der Waals surface area (Å²) in [4.78, 5) is 56.8. The number of hydrogen-bond donors (Lipinski definition) is 3. The maximum absolute atomic E-state index is 13.3. The fourth-order valence-electron chi connectivity index (χ4n) is 5.28. The van der Waals surface area contributed by atoms with Crippen LogP contribution in [-0.2, 0) is 23.9 Å². The molecule has 0 saturated carbocycles. The van der Waals surface area contributed by atoms with E-state index in [4.69, 9.17) is 4.74 Å². The molecule has 0 spiro atoms. The first-order valence-electron chi connectivity index (χ1n) is 15.5. The molecule has 2 heterocycles. The Morgan fingerprint density at radius 1 is 1.11 bits per heavy atom. The van der Waals surface area contributed by atoms with Crippen LogP contribution in [0.25, 0.3) is 16.8 Å². The summed E-state index contributed by atoms with van der Waals surface area (Å²) in [5.41, 5.74) is 4.76. The molecule has 10 nitrogen and oxygen atoms in total. The molecule has 1 saturated heterocycles. The number of benzene rings is 1. The lowest BCUT2D eigenvalue weighted by Crippen LogP contribution is -2.61. The number of amides is 3. The van der Waals surface area contributed by atoms with Crippen LogP contribution in [-0.4, -0.2) is 58.4 Å². The Balaban J connectivity index is 1.59. The first-order valence-corrected chi connectivity index (χ1v) is 15.5. The molecule has 1 aromatic carbocycles. The molecule has 1 unspecified atom stereocenters. The van der Waals surface area contributed by atoms with Crippen LogP contribution in [0.5, 0.6) is 0 Å². The van der Waals surface area contributed by atoms with Gasteiger partial charge in [-0.05, 0) is 74.6 Å². The first-order chi connectivity index (χ1) is 21.0. The smallest absolute Gasteiger partial charge is 0.310 e. The highest BCUT2D eigenvalue weighted by Crippen LogP contribution is 2.22. The average Bonchev–Trinajstić information content (AvgIpc) is 3.02. The number of nitrogens with zero attached hydrogens (tertiary/aromatic N) is 2. The van der Waals surface area contributed by atoms with Crippen LogP contribution in [0.15, 0.2) is 49.7 Å². The molecule has 3 rings (SSSR count). The highest BCUT2D eigenvalue weighted by Gasteiger charge is 2.34. The van der Waals surface area contributed by atoms with Crippen LogP contribution in [0.3, 0.4) is 0 Å². The van der Waals surface area contributed by atoms with E-state index in [0.29, 0.717) is 32.2 Å². The van der Waals surface area contributed by atoms with Crippen molar-refractivity contribution in [3.05, 3.63) is 61.0 Å². The zero-order chi connectivity index (χ0) is 32.4. The van der Waals surface area contributed by atoms with E-state index >= 15 is 0 Å². The summed E-state index contributed by atoms with van der Waals surface area (Å²) < 4.78 is 5.62. The number of esters is 1. The average molecular weight is 606 g/mol. The van der Waals surface area contributed by atoms with E-state index in [1.807, 2.05) is 38.1 Å². The number of pyridine rings is 1. The summed E-state index contributed by atoms with van der Waals surface area (Å²) >= 11 is 0. The molecular formula is C34H47N5O5. The second-order valence-electron chi connectivity index (χ2n) is 11.8. The predicted molar refractivity (Wildman–Crippen MR) is 172 cm³/mol. The number of fused-ring (bicyclic) bond motifs is 1. The van der Waals surface area contributed by atoms with Gasteiger partial charge in [0.05, 0.1) is 17.7 Å². The van der Waals surface area contributed by atoms with Crippen molar-refractivity contribution in [3.63, 3.8) is 0 Å². The molecule has 2 aromatic rings. The number of nitrogens with one attached hydrogen (secondary N) is 3. The number of aromatic nitrogens is 1. The molecule has 0 radical (unpaired) electrons. The highest BCUT2D eigenvalue weighted by molar-refractivity contribution is 5.91. The minimum absolute atomic E-state index is 0.221. The van der Waals surface area contributed by atoms with Crippen molar-refractivity contribution in [3.8, 4) is 0 Å². The van der Waals surface area contributed by atoms with Gasteiger partial charge in [0.25, 0.3) is 11.8 Å². The largest absolute Gasteiger partial charge is 0.452 e. The third-order valence-corrected chi connectivity index (χ3v) is 7.86. The maximum Gasteiger partial charge on any atom is 0.310 e. The SMILES string of the molecule is C=CC[C@@H](CCC)C(=O)O[C@H](C(=O)N[C@@H](C)C(=O)N1CCC[C@@H](C(=O)NC(C)c2ccc3cnc(C=C)cc3c2)N1)C(C)C. The van der Waals surface area contributed by atoms with Crippen LogP contribution in [0, 0.1) is 11.8 Å². The standard InChI is InChI=1S/C34H47N5O5/c1-8-12-24(13-9-2)34(43)44-30(21(4)5)32(41)37-23(7)33(42)39-17-11-14-29(38-39)31(40)36-22(6)25-15-16-26-20-35-28(10-3)19-27(26)18-25/h8,10,15-16,18-24,29-30,38H,1,3,9,11-14,17H2,2,4-7H3,(H,36,40)(H,37,41)/t22?,23-,24-,29-,30-/m0/s1. The molecule has 44 heavy (non-hydrogen) atoms. The molecule has 238 valence electrons. The Morgan fingerprint density at radius 3 is 2.52 bits per heavy atom. The van der Waals surface area contributed by atoms with Crippen molar-refractivity contribution in [2.75, 3.05) is 6.54 Å². The van der Waals surface area contributed by atoms with Gasteiger partial charge in [0.2, 0.25) is 5.91 Å². The molecular weight excluding hydrogens is 558 g/mol. The van der Waals surface area contributed by atoms with E-state index in [-0.39, 0.29) is 29.7 Å². The Kier molecular flexibility index (Phi) is 12.6. The molecule has 3 N–H and O–H groups in total. The van der Waals surface area contributed by atoms with Crippen LogP contribution in [0.1, 0.15) is 84.0 Å². The Bertz CT molecular complexity index is 1360. The lowest BCUT2D eigenvalue weighted by molar-refractivity contribution is -0.163. The van der Waals surface area contributed by atoms with Gasteiger partial charge in [-0.2, -0.15) is 0 Å². The second-order valence-corrected chi connectivity index (χ2v) is 11.8. The number of hydrogen-bond acceptors (Lipinski definition) is 7. The summed E-state index contributed by atoms with van der Waals surface area (Å²) in [6, 6.07) is 6.13. The third kappa shape index (κ3) is 8.98. The lowest BCUT2D eigenvalue weighted by Gasteiger charge is -2.35. The van der Waals surface area contributed by atoms with E-state index in [0.717, 1.165) is 28.5 Å². The van der Waals surface area contributed by atoms with Crippen LogP contribution in [0.2, 0.25) is 0 Å². The second kappa shape index (κ2) is 16.1. The Morgan fingerprint density at radius 2 is 1.86 bits per heavy atom. The third-order valence-electron chi connectivity index (χ3n) is 7.86. The van der Waals surface area contributed by atoms with Crippen molar-refractivity contribution >= 4 is 40.5 Å². The number of rotatable bonds is 14. The van der Waals surface area contributed by atoms with E-state index in [9.17, 15) is 19.2 Å². The molecule has 3 amide bonds. The maximum atomic E-state index is 13.3. The fraction of sp³-hybridized carbons (Fsp3) is 0.500. The van der Waals surface area contributed by atoms with Gasteiger partial charge in [0, 0.05) is 18.1 Å². The zero-order valence-corrected chi connectivity index (χ0v) is 26.6. The number of hydrazine groups is 1. The molecule has 1 aliphatic rings. The van der Waals surface area contributed by atoms with Gasteiger partial charge in [0.1, 0.15) is 12.1 Å². The van der Waals surface area contributed by atoms with E-state index in [2.05, 4.69) is 34.2 Å². The van der Waals surface area contributed by atoms with Crippen molar-refractivity contribution in [2.45, 2.75) is 91.0 Å². The molecule has 1 aliphatic heterocycles. The molecule has 0 bridgehead atoms. The van der Waals surface area contributed by atoms with Crippen LogP contribution < -0.4 is 16.1 Å². The summed E-state index contributed by atoms with van der Waals surface area (Å²) in [5, 5.41) is 9.15.